The third-order valence-corrected chi connectivity index (χ3v) is 6.40. The highest BCUT2D eigenvalue weighted by Crippen LogP contribution is 2.30. The molecule has 1 aliphatic rings. The van der Waals surface area contributed by atoms with Crippen molar-refractivity contribution in [2.24, 2.45) is 10.9 Å². The number of aliphatic imine (C=N–C) groups is 1. The average Bonchev–Trinajstić information content (AvgIpc) is 3.38. The van der Waals surface area contributed by atoms with E-state index in [0.29, 0.717) is 12.0 Å². The second kappa shape index (κ2) is 12.4. The summed E-state index contributed by atoms with van der Waals surface area (Å²) < 4.78 is 11.4. The topological polar surface area (TPSA) is 59.0 Å². The largest absolute Gasteiger partial charge is 0.378 e. The van der Waals surface area contributed by atoms with Crippen molar-refractivity contribution >= 4 is 17.3 Å². The SMILES string of the molecule is CCNC(=NCCC(OCC)C1CCCC1)N(C)Cc1csc(C(C)OC)n1. The second-order valence-corrected chi connectivity index (χ2v) is 8.36. The Morgan fingerprint density at radius 3 is 2.79 bits per heavy atom. The van der Waals surface area contributed by atoms with Crippen LogP contribution in [-0.2, 0) is 16.0 Å². The maximum absolute atomic E-state index is 6.04. The highest BCUT2D eigenvalue weighted by Gasteiger charge is 2.25. The summed E-state index contributed by atoms with van der Waals surface area (Å²) in [6, 6.07) is 0. The van der Waals surface area contributed by atoms with Crippen molar-refractivity contribution < 1.29 is 9.47 Å². The number of guanidine groups is 1. The van der Waals surface area contributed by atoms with Crippen LogP contribution in [0.3, 0.4) is 0 Å². The van der Waals surface area contributed by atoms with Crippen molar-refractivity contribution in [1.29, 1.82) is 0 Å². The first-order valence-electron chi connectivity index (χ1n) is 10.7. The van der Waals surface area contributed by atoms with Gasteiger partial charge < -0.3 is 19.7 Å². The predicted octanol–water partition coefficient (Wildman–Crippen LogP) is 4.23. The molecule has 0 bridgehead atoms. The van der Waals surface area contributed by atoms with Crippen LogP contribution in [-0.4, -0.2) is 55.8 Å². The molecule has 1 fully saturated rings. The predicted molar refractivity (Wildman–Crippen MR) is 117 cm³/mol. The molecule has 0 aliphatic heterocycles. The lowest BCUT2D eigenvalue weighted by Crippen LogP contribution is -2.38. The van der Waals surface area contributed by atoms with Gasteiger partial charge in [0.05, 0.1) is 18.3 Å². The first-order chi connectivity index (χ1) is 13.6. The lowest BCUT2D eigenvalue weighted by atomic mass is 9.98. The molecule has 0 spiro atoms. The van der Waals surface area contributed by atoms with Gasteiger partial charge in [-0.25, -0.2) is 4.98 Å². The van der Waals surface area contributed by atoms with Gasteiger partial charge in [-0.05, 0) is 46.0 Å². The van der Waals surface area contributed by atoms with Crippen molar-refractivity contribution in [1.82, 2.24) is 15.2 Å². The summed E-state index contributed by atoms with van der Waals surface area (Å²) in [4.78, 5) is 11.7. The standard InChI is InChI=1S/C21H38N4O2S/c1-6-22-21(23-13-12-19(27-7-2)17-10-8-9-11-17)25(4)14-18-15-28-20(24-18)16(3)26-5/h15-17,19H,6-14H2,1-5H3,(H,22,23). The van der Waals surface area contributed by atoms with E-state index < -0.39 is 0 Å². The van der Waals surface area contributed by atoms with Crippen LogP contribution in [0.1, 0.15) is 69.7 Å². The molecular formula is C21H38N4O2S. The Balaban J connectivity index is 1.93. The van der Waals surface area contributed by atoms with E-state index in [1.54, 1.807) is 18.4 Å². The zero-order valence-corrected chi connectivity index (χ0v) is 19.1. The third-order valence-electron chi connectivity index (χ3n) is 5.35. The van der Waals surface area contributed by atoms with Gasteiger partial charge in [0.25, 0.3) is 0 Å². The minimum absolute atomic E-state index is 0.0389. The maximum Gasteiger partial charge on any atom is 0.194 e. The van der Waals surface area contributed by atoms with Gasteiger partial charge in [-0.2, -0.15) is 0 Å². The first kappa shape index (κ1) is 23.1. The maximum atomic E-state index is 6.04. The van der Waals surface area contributed by atoms with E-state index in [2.05, 4.69) is 36.5 Å². The second-order valence-electron chi connectivity index (χ2n) is 7.47. The number of hydrogen-bond acceptors (Lipinski definition) is 5. The van der Waals surface area contributed by atoms with Crippen LogP contribution in [0, 0.1) is 5.92 Å². The molecule has 0 saturated heterocycles. The highest BCUT2D eigenvalue weighted by molar-refractivity contribution is 7.09. The minimum atomic E-state index is 0.0389. The molecule has 1 N–H and O–H groups in total. The van der Waals surface area contributed by atoms with E-state index in [0.717, 1.165) is 49.3 Å². The van der Waals surface area contributed by atoms with Crippen LogP contribution in [0.5, 0.6) is 0 Å². The molecule has 2 atom stereocenters. The smallest absolute Gasteiger partial charge is 0.194 e. The summed E-state index contributed by atoms with van der Waals surface area (Å²) in [5, 5.41) is 6.53. The number of aromatic nitrogens is 1. The van der Waals surface area contributed by atoms with Crippen LogP contribution >= 0.6 is 11.3 Å². The molecule has 0 radical (unpaired) electrons. The lowest BCUT2D eigenvalue weighted by molar-refractivity contribution is 0.0177. The molecule has 0 aromatic carbocycles. The summed E-state index contributed by atoms with van der Waals surface area (Å²) >= 11 is 1.65. The van der Waals surface area contributed by atoms with Crippen molar-refractivity contribution in [2.75, 3.05) is 33.9 Å². The van der Waals surface area contributed by atoms with Crippen LogP contribution in [0.25, 0.3) is 0 Å². The van der Waals surface area contributed by atoms with Gasteiger partial charge in [-0.3, -0.25) is 4.99 Å². The van der Waals surface area contributed by atoms with Gasteiger partial charge in [-0.15, -0.1) is 11.3 Å². The van der Waals surface area contributed by atoms with Crippen molar-refractivity contribution in [3.8, 4) is 0 Å². The summed E-state index contributed by atoms with van der Waals surface area (Å²) in [5.41, 5.74) is 1.05. The molecule has 1 saturated carbocycles. The number of thiazole rings is 1. The first-order valence-corrected chi connectivity index (χ1v) is 11.5. The van der Waals surface area contributed by atoms with Crippen molar-refractivity contribution in [3.05, 3.63) is 16.1 Å². The van der Waals surface area contributed by atoms with Crippen LogP contribution in [0.4, 0.5) is 0 Å². The molecule has 1 heterocycles. The Kier molecular flexibility index (Phi) is 10.2. The Labute approximate surface area is 174 Å². The van der Waals surface area contributed by atoms with E-state index in [1.165, 1.54) is 25.7 Å². The number of rotatable bonds is 11. The van der Waals surface area contributed by atoms with E-state index >= 15 is 0 Å². The number of ether oxygens (including phenoxy) is 2. The summed E-state index contributed by atoms with van der Waals surface area (Å²) in [5.74, 6) is 1.64. The molecule has 2 unspecified atom stereocenters. The van der Waals surface area contributed by atoms with Gasteiger partial charge in [0.2, 0.25) is 0 Å². The van der Waals surface area contributed by atoms with Crippen LogP contribution < -0.4 is 5.32 Å². The zero-order chi connectivity index (χ0) is 20.4. The van der Waals surface area contributed by atoms with E-state index in [4.69, 9.17) is 19.5 Å². The third kappa shape index (κ3) is 7.01. The monoisotopic (exact) mass is 410 g/mol. The quantitative estimate of drug-likeness (QED) is 0.437. The summed E-state index contributed by atoms with van der Waals surface area (Å²) in [6.45, 7) is 9.38. The van der Waals surface area contributed by atoms with Gasteiger partial charge in [-0.1, -0.05) is 12.8 Å². The molecule has 160 valence electrons. The molecule has 28 heavy (non-hydrogen) atoms. The van der Waals surface area contributed by atoms with Crippen molar-refractivity contribution in [2.45, 2.75) is 71.6 Å². The van der Waals surface area contributed by atoms with Gasteiger partial charge in [0, 0.05) is 39.2 Å². The fourth-order valence-electron chi connectivity index (χ4n) is 3.77. The van der Waals surface area contributed by atoms with E-state index in [9.17, 15) is 0 Å². The fraction of sp³-hybridized carbons (Fsp3) is 0.810. The highest BCUT2D eigenvalue weighted by atomic mass is 32.1. The zero-order valence-electron chi connectivity index (χ0n) is 18.2. The summed E-state index contributed by atoms with van der Waals surface area (Å²) in [6.07, 6.45) is 6.69. The normalized spacial score (nSPS) is 17.7. The minimum Gasteiger partial charge on any atom is -0.378 e. The molecule has 2 rings (SSSR count). The lowest BCUT2D eigenvalue weighted by Gasteiger charge is -2.24. The van der Waals surface area contributed by atoms with Gasteiger partial charge in [0.15, 0.2) is 5.96 Å². The van der Waals surface area contributed by atoms with Crippen molar-refractivity contribution in [3.63, 3.8) is 0 Å². The Morgan fingerprint density at radius 2 is 2.14 bits per heavy atom. The fourth-order valence-corrected chi connectivity index (χ4v) is 4.61. The van der Waals surface area contributed by atoms with Gasteiger partial charge in [0.1, 0.15) is 11.1 Å². The molecule has 6 nitrogen and oxygen atoms in total. The Bertz CT molecular complexity index is 587. The molecule has 1 aromatic rings. The van der Waals surface area contributed by atoms with Gasteiger partial charge >= 0.3 is 0 Å². The Hall–Kier alpha value is -1.18. The molecule has 0 amide bonds. The molecule has 1 aromatic heterocycles. The Morgan fingerprint density at radius 1 is 1.39 bits per heavy atom. The molecule has 1 aliphatic carbocycles. The number of methoxy groups -OCH3 is 1. The van der Waals surface area contributed by atoms with E-state index in [-0.39, 0.29) is 6.10 Å². The number of nitrogens with zero attached hydrogens (tertiary/aromatic N) is 3. The molecular weight excluding hydrogens is 372 g/mol. The average molecular weight is 411 g/mol. The molecule has 7 heteroatoms. The van der Waals surface area contributed by atoms with E-state index in [1.807, 2.05) is 6.92 Å². The van der Waals surface area contributed by atoms with Crippen LogP contribution in [0.2, 0.25) is 0 Å². The summed E-state index contributed by atoms with van der Waals surface area (Å²) in [7, 11) is 3.78. The number of hydrogen-bond donors (Lipinski definition) is 1. The van der Waals surface area contributed by atoms with Crippen LogP contribution in [0.15, 0.2) is 10.4 Å². The number of nitrogens with one attached hydrogen (secondary N) is 1.